The molecule has 1 aromatic carbocycles. The number of aliphatic hydroxyl groups is 2. The van der Waals surface area contributed by atoms with Gasteiger partial charge in [-0.1, -0.05) is 6.92 Å². The molecule has 0 saturated carbocycles. The van der Waals surface area contributed by atoms with E-state index in [1.807, 2.05) is 17.7 Å². The Morgan fingerprint density at radius 2 is 2.02 bits per heavy atom. The summed E-state index contributed by atoms with van der Waals surface area (Å²) in [4.78, 5) is 22.0. The number of anilines is 1. The molecule has 0 radical (unpaired) electrons. The number of benzene rings is 1. The fourth-order valence-electron chi connectivity index (χ4n) is 6.42. The second-order valence-electron chi connectivity index (χ2n) is 12.5. The molecule has 6 rings (SSSR count). The number of halogens is 3. The molecular formula is C31H37F3N6O4S. The van der Waals surface area contributed by atoms with Gasteiger partial charge in [0.15, 0.2) is 0 Å². The van der Waals surface area contributed by atoms with Crippen molar-refractivity contribution in [1.29, 1.82) is 0 Å². The minimum absolute atomic E-state index is 0.0442. The quantitative estimate of drug-likeness (QED) is 0.319. The third kappa shape index (κ3) is 6.61. The van der Waals surface area contributed by atoms with Crippen LogP contribution < -0.4 is 4.90 Å². The first-order valence-electron chi connectivity index (χ1n) is 15.1. The van der Waals surface area contributed by atoms with Crippen molar-refractivity contribution in [2.45, 2.75) is 62.0 Å². The van der Waals surface area contributed by atoms with Gasteiger partial charge in [-0.05, 0) is 66.3 Å². The van der Waals surface area contributed by atoms with Crippen LogP contribution in [0.3, 0.4) is 0 Å². The van der Waals surface area contributed by atoms with E-state index in [9.17, 15) is 28.2 Å². The van der Waals surface area contributed by atoms with E-state index in [2.05, 4.69) is 27.0 Å². The van der Waals surface area contributed by atoms with Crippen molar-refractivity contribution in [3.05, 3.63) is 64.2 Å². The Kier molecular flexibility index (Phi) is 8.96. The first kappa shape index (κ1) is 31.9. The minimum atomic E-state index is -4.63. The van der Waals surface area contributed by atoms with Gasteiger partial charge in [0.1, 0.15) is 18.0 Å². The van der Waals surface area contributed by atoms with Crippen molar-refractivity contribution in [2.24, 2.45) is 13.0 Å². The summed E-state index contributed by atoms with van der Waals surface area (Å²) < 4.78 is 50.8. The smallest absolute Gasteiger partial charge is 0.394 e. The molecule has 0 spiro atoms. The van der Waals surface area contributed by atoms with Gasteiger partial charge in [-0.2, -0.15) is 13.2 Å². The average Bonchev–Trinajstić information content (AvgIpc) is 3.54. The summed E-state index contributed by atoms with van der Waals surface area (Å²) in [6.45, 7) is 4.15. The van der Waals surface area contributed by atoms with Crippen LogP contribution in [0.1, 0.15) is 58.2 Å². The maximum Gasteiger partial charge on any atom is 0.416 e. The summed E-state index contributed by atoms with van der Waals surface area (Å²) in [6, 6.07) is 6.40. The van der Waals surface area contributed by atoms with Gasteiger partial charge >= 0.3 is 6.18 Å². The largest absolute Gasteiger partial charge is 0.416 e. The number of hydrogen-bond donors (Lipinski definition) is 2. The van der Waals surface area contributed by atoms with Gasteiger partial charge < -0.3 is 19.5 Å². The highest BCUT2D eigenvalue weighted by atomic mass is 32.2. The summed E-state index contributed by atoms with van der Waals surface area (Å²) >= 11 is 1.20. The molecule has 2 aromatic heterocycles. The molecule has 1 unspecified atom stereocenters. The molecule has 2 fully saturated rings. The molecule has 3 aliphatic heterocycles. The molecule has 2 atom stereocenters. The first-order valence-corrected chi connectivity index (χ1v) is 16.1. The molecule has 0 bridgehead atoms. The van der Waals surface area contributed by atoms with E-state index in [1.54, 1.807) is 18.5 Å². The molecule has 3 aromatic rings. The van der Waals surface area contributed by atoms with Crippen LogP contribution in [0.2, 0.25) is 0 Å². The van der Waals surface area contributed by atoms with Crippen molar-refractivity contribution in [2.75, 3.05) is 43.6 Å². The van der Waals surface area contributed by atoms with E-state index in [-0.39, 0.29) is 29.2 Å². The van der Waals surface area contributed by atoms with E-state index in [4.69, 9.17) is 4.74 Å². The van der Waals surface area contributed by atoms with Crippen molar-refractivity contribution in [3.8, 4) is 0 Å². The van der Waals surface area contributed by atoms with Crippen molar-refractivity contribution >= 4 is 23.5 Å². The number of fused-ring (bicyclic) bond motifs is 1. The first-order chi connectivity index (χ1) is 21.5. The van der Waals surface area contributed by atoms with Crippen LogP contribution >= 0.6 is 11.8 Å². The molecular weight excluding hydrogens is 609 g/mol. The number of piperidine rings is 1. The Morgan fingerprint density at radius 1 is 1.22 bits per heavy atom. The SMILES string of the molecule is C[C@H]1CCCN(Cc2cc3c(c(C(F)(F)F)c2)CN(c2cc(C4(Cc5nncn5C)COC4)cc(SCC(O)CO)n2)C3=O)C1. The van der Waals surface area contributed by atoms with Crippen LogP contribution in [0.15, 0.2) is 35.6 Å². The van der Waals surface area contributed by atoms with E-state index >= 15 is 0 Å². The summed E-state index contributed by atoms with van der Waals surface area (Å²) in [5, 5.41) is 28.0. The number of hydrogen-bond acceptors (Lipinski definition) is 9. The Hall–Kier alpha value is -3.04. The number of carbonyl (C=O) groups is 1. The minimum Gasteiger partial charge on any atom is -0.394 e. The lowest BCUT2D eigenvalue weighted by atomic mass is 9.76. The van der Waals surface area contributed by atoms with Crippen LogP contribution in [-0.4, -0.2) is 85.5 Å². The van der Waals surface area contributed by atoms with E-state index in [0.29, 0.717) is 42.7 Å². The molecule has 1 amide bonds. The second kappa shape index (κ2) is 12.6. The topological polar surface area (TPSA) is 117 Å². The fraction of sp³-hybridized carbons (Fsp3) is 0.548. The number of alkyl halides is 3. The van der Waals surface area contributed by atoms with Crippen LogP contribution in [-0.2, 0) is 42.9 Å². The summed E-state index contributed by atoms with van der Waals surface area (Å²) in [7, 11) is 1.84. The maximum absolute atomic E-state index is 14.4. The zero-order chi connectivity index (χ0) is 31.9. The van der Waals surface area contributed by atoms with Crippen LogP contribution in [0.25, 0.3) is 0 Å². The average molecular weight is 647 g/mol. The highest BCUT2D eigenvalue weighted by Crippen LogP contribution is 2.42. The summed E-state index contributed by atoms with van der Waals surface area (Å²) in [5.41, 5.74) is -0.0599. The third-order valence-corrected chi connectivity index (χ3v) is 9.98. The lowest BCUT2D eigenvalue weighted by molar-refractivity contribution is -0.138. The molecule has 2 N–H and O–H groups in total. The standard InChI is InChI=1S/C31H37F3N6O4S/c1-19-4-3-5-39(11-19)12-20-6-23-24(25(7-20)31(32,33)34)13-40(29(23)43)26-8-21(9-28(36-26)45-15-22(42)14-41)30(16-44-17-30)10-27-37-35-18-38(27)2/h6-9,18-19,22,41-42H,3-5,10-17H2,1-2H3/t19-,22?/m0/s1. The van der Waals surface area contributed by atoms with Gasteiger partial charge in [-0.3, -0.25) is 14.6 Å². The number of nitrogens with zero attached hydrogens (tertiary/aromatic N) is 6. The molecule has 242 valence electrons. The molecule has 45 heavy (non-hydrogen) atoms. The maximum atomic E-state index is 14.4. The van der Waals surface area contributed by atoms with Gasteiger partial charge in [0.25, 0.3) is 5.91 Å². The predicted molar refractivity (Wildman–Crippen MR) is 161 cm³/mol. The number of ether oxygens (including phenoxy) is 1. The van der Waals surface area contributed by atoms with E-state index < -0.39 is 35.8 Å². The van der Waals surface area contributed by atoms with Crippen molar-refractivity contribution in [1.82, 2.24) is 24.6 Å². The molecule has 3 aliphatic rings. The molecule has 5 heterocycles. The lowest BCUT2D eigenvalue weighted by Crippen LogP contribution is -2.49. The van der Waals surface area contributed by atoms with Gasteiger partial charge in [-0.15, -0.1) is 22.0 Å². The summed E-state index contributed by atoms with van der Waals surface area (Å²) in [6.07, 6.45) is -1.44. The number of aromatic nitrogens is 4. The predicted octanol–water partition coefficient (Wildman–Crippen LogP) is 3.58. The number of amides is 1. The zero-order valence-corrected chi connectivity index (χ0v) is 26.1. The second-order valence-corrected chi connectivity index (χ2v) is 13.6. The van der Waals surface area contributed by atoms with Crippen LogP contribution in [0.4, 0.5) is 19.0 Å². The van der Waals surface area contributed by atoms with Crippen molar-refractivity contribution < 1.29 is 32.9 Å². The highest BCUT2D eigenvalue weighted by molar-refractivity contribution is 7.99. The number of rotatable bonds is 10. The molecule has 2 saturated heterocycles. The van der Waals surface area contributed by atoms with Gasteiger partial charge in [0, 0.05) is 43.3 Å². The van der Waals surface area contributed by atoms with Gasteiger partial charge in [0.2, 0.25) is 0 Å². The van der Waals surface area contributed by atoms with E-state index in [0.717, 1.165) is 37.3 Å². The molecule has 10 nitrogen and oxygen atoms in total. The zero-order valence-electron chi connectivity index (χ0n) is 25.3. The number of thioether (sulfide) groups is 1. The lowest BCUT2D eigenvalue weighted by Gasteiger charge is -2.42. The van der Waals surface area contributed by atoms with E-state index in [1.165, 1.54) is 22.7 Å². The molecule has 14 heteroatoms. The summed E-state index contributed by atoms with van der Waals surface area (Å²) in [5.74, 6) is 1.03. The number of aryl methyl sites for hydroxylation is 1. The highest BCUT2D eigenvalue weighted by Gasteiger charge is 2.44. The number of carbonyl (C=O) groups excluding carboxylic acids is 1. The molecule has 0 aliphatic carbocycles. The Balaban J connectivity index is 1.37. The monoisotopic (exact) mass is 646 g/mol. The van der Waals surface area contributed by atoms with Crippen molar-refractivity contribution in [3.63, 3.8) is 0 Å². The Bertz CT molecular complexity index is 1560. The number of aliphatic hydroxyl groups excluding tert-OH is 2. The fourth-order valence-corrected chi connectivity index (χ4v) is 7.26. The van der Waals surface area contributed by atoms with Gasteiger partial charge in [0.05, 0.1) is 43.1 Å². The Labute approximate surface area is 263 Å². The van der Waals surface area contributed by atoms with Crippen LogP contribution in [0, 0.1) is 5.92 Å². The third-order valence-electron chi connectivity index (χ3n) is 8.92. The van der Waals surface area contributed by atoms with Crippen LogP contribution in [0.5, 0.6) is 0 Å². The Morgan fingerprint density at radius 3 is 2.67 bits per heavy atom. The van der Waals surface area contributed by atoms with Gasteiger partial charge in [-0.25, -0.2) is 4.98 Å². The number of pyridine rings is 1. The normalized spacial score (nSPS) is 20.7. The number of likely N-dealkylation sites (tertiary alicyclic amines) is 1.